The number of halogens is 1. The van der Waals surface area contributed by atoms with Gasteiger partial charge < -0.3 is 0 Å². The van der Waals surface area contributed by atoms with Gasteiger partial charge in [0.25, 0.3) is 0 Å². The van der Waals surface area contributed by atoms with Gasteiger partial charge in [0.15, 0.2) is 5.82 Å². The maximum absolute atomic E-state index is 5.22. The van der Waals surface area contributed by atoms with Crippen molar-refractivity contribution < 1.29 is 0 Å². The Morgan fingerprint density at radius 2 is 2.05 bits per heavy atom. The van der Waals surface area contributed by atoms with E-state index in [0.29, 0.717) is 10.6 Å². The summed E-state index contributed by atoms with van der Waals surface area (Å²) in [6, 6.07) is 13.8. The molecule has 0 radical (unpaired) electrons. The first kappa shape index (κ1) is 13.4. The highest BCUT2D eigenvalue weighted by atomic mass is 79.9. The summed E-state index contributed by atoms with van der Waals surface area (Å²) in [4.78, 5) is 1.04. The summed E-state index contributed by atoms with van der Waals surface area (Å²) in [6.45, 7) is 0. The maximum Gasteiger partial charge on any atom is 0.216 e. The highest BCUT2D eigenvalue weighted by Gasteiger charge is 2.07. The molecule has 1 aromatic carbocycles. The predicted molar refractivity (Wildman–Crippen MR) is 87.9 cm³/mol. The van der Waals surface area contributed by atoms with Crippen molar-refractivity contribution in [1.82, 2.24) is 14.9 Å². The van der Waals surface area contributed by atoms with E-state index in [1.54, 1.807) is 22.2 Å². The molecule has 3 rings (SSSR count). The van der Waals surface area contributed by atoms with Crippen LogP contribution in [-0.4, -0.2) is 21.1 Å². The quantitative estimate of drug-likeness (QED) is 0.555. The zero-order valence-corrected chi connectivity index (χ0v) is 13.4. The number of rotatable bonds is 3. The highest BCUT2D eigenvalue weighted by Crippen LogP contribution is 2.21. The Balaban J connectivity index is 2.00. The van der Waals surface area contributed by atoms with Gasteiger partial charge in [-0.25, -0.2) is 5.10 Å². The van der Waals surface area contributed by atoms with Gasteiger partial charge in [-0.05, 0) is 40.3 Å². The van der Waals surface area contributed by atoms with E-state index >= 15 is 0 Å². The van der Waals surface area contributed by atoms with Crippen molar-refractivity contribution >= 4 is 45.7 Å². The summed E-state index contributed by atoms with van der Waals surface area (Å²) >= 11 is 10.3. The smallest absolute Gasteiger partial charge is 0.216 e. The number of aromatic nitrogens is 3. The Morgan fingerprint density at radius 1 is 1.25 bits per heavy atom. The van der Waals surface area contributed by atoms with Crippen LogP contribution in [0.1, 0.15) is 4.88 Å². The van der Waals surface area contributed by atoms with Gasteiger partial charge in [-0.2, -0.15) is 14.9 Å². The molecule has 2 aromatic heterocycles. The number of hydrogen-bond donors (Lipinski definition) is 1. The molecule has 20 heavy (non-hydrogen) atoms. The van der Waals surface area contributed by atoms with Crippen LogP contribution in [0.2, 0.25) is 0 Å². The minimum atomic E-state index is 0.468. The van der Waals surface area contributed by atoms with Gasteiger partial charge in [0.1, 0.15) is 0 Å². The zero-order valence-electron chi connectivity index (χ0n) is 10.2. The Hall–Kier alpha value is -1.57. The molecule has 0 aliphatic rings. The van der Waals surface area contributed by atoms with Crippen LogP contribution in [0.15, 0.2) is 51.4 Å². The second-order valence-corrected chi connectivity index (χ2v) is 6.80. The summed E-state index contributed by atoms with van der Waals surface area (Å²) in [5, 5.41) is 11.4. The van der Waals surface area contributed by atoms with Crippen LogP contribution in [0.25, 0.3) is 11.4 Å². The fourth-order valence-electron chi connectivity index (χ4n) is 1.69. The number of H-pyrrole nitrogens is 1. The third-order valence-electron chi connectivity index (χ3n) is 2.58. The standard InChI is InChI=1S/C13H9BrN4S2/c14-11-7-6-10(20-11)8-15-18-12(16-17-13(18)19)9-4-2-1-3-5-9/h1-8H,(H,17,19). The lowest BCUT2D eigenvalue weighted by atomic mass is 10.2. The molecule has 0 saturated carbocycles. The normalized spacial score (nSPS) is 11.2. The number of benzene rings is 1. The van der Waals surface area contributed by atoms with E-state index in [4.69, 9.17) is 12.2 Å². The number of nitrogens with zero attached hydrogens (tertiary/aromatic N) is 3. The average Bonchev–Trinajstić information content (AvgIpc) is 3.04. The van der Waals surface area contributed by atoms with Gasteiger partial charge in [-0.1, -0.05) is 30.3 Å². The molecule has 1 N–H and O–H groups in total. The van der Waals surface area contributed by atoms with Gasteiger partial charge in [-0.15, -0.1) is 11.3 Å². The van der Waals surface area contributed by atoms with E-state index in [9.17, 15) is 0 Å². The molecule has 0 amide bonds. The van der Waals surface area contributed by atoms with Crippen LogP contribution in [0.3, 0.4) is 0 Å². The van der Waals surface area contributed by atoms with Gasteiger partial charge in [0.2, 0.25) is 4.77 Å². The molecule has 0 aliphatic carbocycles. The number of thiophene rings is 1. The molecule has 7 heteroatoms. The second-order valence-electron chi connectivity index (χ2n) is 3.92. The van der Waals surface area contributed by atoms with Gasteiger partial charge in [-0.3, -0.25) is 0 Å². The molecule has 0 aliphatic heterocycles. The Morgan fingerprint density at radius 3 is 2.75 bits per heavy atom. The molecular weight excluding hydrogens is 356 g/mol. The summed E-state index contributed by atoms with van der Waals surface area (Å²) in [7, 11) is 0. The van der Waals surface area contributed by atoms with Crippen LogP contribution in [0.4, 0.5) is 0 Å². The molecule has 0 fully saturated rings. The van der Waals surface area contributed by atoms with E-state index in [1.807, 2.05) is 42.5 Å². The summed E-state index contributed by atoms with van der Waals surface area (Å²) in [5.41, 5.74) is 0.962. The number of hydrogen-bond acceptors (Lipinski definition) is 4. The average molecular weight is 365 g/mol. The molecule has 0 spiro atoms. The molecule has 0 unspecified atom stereocenters. The van der Waals surface area contributed by atoms with Crippen molar-refractivity contribution in [3.63, 3.8) is 0 Å². The number of nitrogens with one attached hydrogen (secondary N) is 1. The van der Waals surface area contributed by atoms with Crippen LogP contribution in [-0.2, 0) is 0 Å². The first-order valence-corrected chi connectivity index (χ1v) is 7.78. The molecular formula is C13H9BrN4S2. The second kappa shape index (κ2) is 5.82. The Labute approximate surface area is 132 Å². The highest BCUT2D eigenvalue weighted by molar-refractivity contribution is 9.11. The lowest BCUT2D eigenvalue weighted by molar-refractivity contribution is 0.872. The monoisotopic (exact) mass is 364 g/mol. The lowest BCUT2D eigenvalue weighted by Gasteiger charge is -1.99. The minimum Gasteiger partial charge on any atom is -0.250 e. The van der Waals surface area contributed by atoms with Gasteiger partial charge >= 0.3 is 0 Å². The van der Waals surface area contributed by atoms with Crippen molar-refractivity contribution in [3.05, 3.63) is 55.9 Å². The minimum absolute atomic E-state index is 0.468. The first-order valence-electron chi connectivity index (χ1n) is 5.76. The van der Waals surface area contributed by atoms with Crippen LogP contribution in [0.5, 0.6) is 0 Å². The molecule has 0 saturated heterocycles. The summed E-state index contributed by atoms with van der Waals surface area (Å²) in [5.74, 6) is 0.697. The molecule has 0 atom stereocenters. The van der Waals surface area contributed by atoms with Crippen LogP contribution >= 0.6 is 39.5 Å². The van der Waals surface area contributed by atoms with E-state index in [2.05, 4.69) is 31.2 Å². The van der Waals surface area contributed by atoms with E-state index in [0.717, 1.165) is 14.2 Å². The number of aromatic amines is 1. The van der Waals surface area contributed by atoms with Crippen LogP contribution in [0, 0.1) is 4.77 Å². The van der Waals surface area contributed by atoms with Crippen molar-refractivity contribution in [3.8, 4) is 11.4 Å². The zero-order chi connectivity index (χ0) is 13.9. The van der Waals surface area contributed by atoms with E-state index in [-0.39, 0.29) is 0 Å². The summed E-state index contributed by atoms with van der Waals surface area (Å²) in [6.07, 6.45) is 1.77. The van der Waals surface area contributed by atoms with Crippen molar-refractivity contribution in [1.29, 1.82) is 0 Å². The molecule has 2 heterocycles. The molecule has 100 valence electrons. The van der Waals surface area contributed by atoms with Gasteiger partial charge in [0, 0.05) is 10.4 Å². The maximum atomic E-state index is 5.22. The van der Waals surface area contributed by atoms with E-state index in [1.165, 1.54) is 0 Å². The SMILES string of the molecule is S=c1[nH]nc(-c2ccccc2)n1N=Cc1ccc(Br)s1. The molecule has 3 aromatic rings. The molecule has 4 nitrogen and oxygen atoms in total. The third-order valence-corrected chi connectivity index (χ3v) is 4.40. The fraction of sp³-hybridized carbons (Fsp3) is 0. The fourth-order valence-corrected chi connectivity index (χ4v) is 3.15. The third kappa shape index (κ3) is 2.79. The van der Waals surface area contributed by atoms with Gasteiger partial charge in [0.05, 0.1) is 10.0 Å². The Kier molecular flexibility index (Phi) is 3.90. The predicted octanol–water partition coefficient (Wildman–Crippen LogP) is 4.31. The molecule has 0 bridgehead atoms. The first-order chi connectivity index (χ1) is 9.74. The largest absolute Gasteiger partial charge is 0.250 e. The summed E-state index contributed by atoms with van der Waals surface area (Å²) < 4.78 is 3.16. The lowest BCUT2D eigenvalue weighted by Crippen LogP contribution is -1.94. The van der Waals surface area contributed by atoms with Crippen molar-refractivity contribution in [2.75, 3.05) is 0 Å². The van der Waals surface area contributed by atoms with Crippen molar-refractivity contribution in [2.45, 2.75) is 0 Å². The van der Waals surface area contributed by atoms with Crippen LogP contribution < -0.4 is 0 Å². The Bertz CT molecular complexity index is 801. The van der Waals surface area contributed by atoms with Crippen molar-refractivity contribution in [2.24, 2.45) is 5.10 Å². The van der Waals surface area contributed by atoms with E-state index < -0.39 is 0 Å². The topological polar surface area (TPSA) is 46.0 Å².